The molecule has 4 rings (SSSR count). The highest BCUT2D eigenvalue weighted by molar-refractivity contribution is 6.74. The number of hydrogen-bond donors (Lipinski definition) is 0. The second kappa shape index (κ2) is 13.1. The van der Waals surface area contributed by atoms with Gasteiger partial charge in [-0.25, -0.2) is 0 Å². The van der Waals surface area contributed by atoms with Crippen LogP contribution in [0.1, 0.15) is 106 Å². The Morgan fingerprint density at radius 2 is 1.45 bits per heavy atom. The minimum absolute atomic E-state index is 0.208. The highest BCUT2D eigenvalue weighted by Gasteiger charge is 2.57. The van der Waals surface area contributed by atoms with E-state index in [9.17, 15) is 0 Å². The highest BCUT2D eigenvalue weighted by atomic mass is 28.4. The minimum Gasteiger partial charge on any atom is -0.417 e. The van der Waals surface area contributed by atoms with Crippen molar-refractivity contribution in [2.24, 2.45) is 34.5 Å². The molecule has 0 radical (unpaired) electrons. The van der Waals surface area contributed by atoms with E-state index >= 15 is 0 Å². The summed E-state index contributed by atoms with van der Waals surface area (Å²) in [6.45, 7) is 36.2. The van der Waals surface area contributed by atoms with Gasteiger partial charge in [0, 0.05) is 12.7 Å². The molecule has 3 nitrogen and oxygen atoms in total. The van der Waals surface area contributed by atoms with Gasteiger partial charge in [-0.05, 0) is 121 Å². The van der Waals surface area contributed by atoms with Crippen LogP contribution in [0, 0.1) is 34.5 Å². The van der Waals surface area contributed by atoms with Crippen LogP contribution >= 0.6 is 0 Å². The van der Waals surface area contributed by atoms with Crippen LogP contribution in [-0.2, 0) is 20.2 Å². The summed E-state index contributed by atoms with van der Waals surface area (Å²) < 4.78 is 20.9. The van der Waals surface area contributed by atoms with Crippen LogP contribution in [0.25, 0.3) is 0 Å². The fourth-order valence-electron chi connectivity index (χ4n) is 8.49. The standard InChI is InChI=1S/C39H68O3Si2/c1-29-19-20-34-33(28-40-26-30-17-15-14-16-18-30)35(22-24-38(29,34)8)39(9)23-21-32(42-44(12,13)37(5,6)7)25-31(39)27-41-43(10,11)36(2,3)4/h14-18,31-35H,1,19-28H2,2-13H3/t31-,32?,33+,34+,35+,38-,39+/m1/s1. The molecule has 250 valence electrons. The van der Waals surface area contributed by atoms with Crippen LogP contribution in [-0.4, -0.2) is 36.0 Å². The molecule has 1 aromatic rings. The lowest BCUT2D eigenvalue weighted by Crippen LogP contribution is -2.54. The normalized spacial score (nSPS) is 33.8. The van der Waals surface area contributed by atoms with E-state index in [-0.39, 0.29) is 20.9 Å². The van der Waals surface area contributed by atoms with Gasteiger partial charge in [0.15, 0.2) is 16.6 Å². The lowest BCUT2D eigenvalue weighted by Gasteiger charge is -2.58. The Morgan fingerprint density at radius 1 is 0.818 bits per heavy atom. The Kier molecular flexibility index (Phi) is 10.7. The van der Waals surface area contributed by atoms with Crippen molar-refractivity contribution in [3.63, 3.8) is 0 Å². The number of ether oxygens (including phenoxy) is 1. The molecule has 0 heterocycles. The first-order valence-electron chi connectivity index (χ1n) is 17.8. The van der Waals surface area contributed by atoms with Crippen LogP contribution in [0.15, 0.2) is 42.5 Å². The average molecular weight is 641 g/mol. The zero-order valence-electron chi connectivity index (χ0n) is 30.8. The van der Waals surface area contributed by atoms with Crippen LogP contribution in [0.4, 0.5) is 0 Å². The molecular formula is C39H68O3Si2. The monoisotopic (exact) mass is 640 g/mol. The van der Waals surface area contributed by atoms with Gasteiger partial charge in [-0.2, -0.15) is 0 Å². The molecule has 3 fully saturated rings. The van der Waals surface area contributed by atoms with Crippen molar-refractivity contribution in [2.75, 3.05) is 13.2 Å². The third-order valence-corrected chi connectivity index (χ3v) is 22.9. The molecule has 7 atom stereocenters. The number of benzene rings is 1. The number of hydrogen-bond acceptors (Lipinski definition) is 3. The van der Waals surface area contributed by atoms with E-state index in [4.69, 9.17) is 13.6 Å². The van der Waals surface area contributed by atoms with E-state index in [1.54, 1.807) is 0 Å². The molecule has 3 aliphatic rings. The summed E-state index contributed by atoms with van der Waals surface area (Å²) in [7, 11) is -3.74. The summed E-state index contributed by atoms with van der Waals surface area (Å²) >= 11 is 0. The van der Waals surface area contributed by atoms with E-state index in [2.05, 4.69) is 118 Å². The van der Waals surface area contributed by atoms with Gasteiger partial charge in [-0.3, -0.25) is 0 Å². The van der Waals surface area contributed by atoms with Gasteiger partial charge in [-0.15, -0.1) is 0 Å². The van der Waals surface area contributed by atoms with Gasteiger partial charge >= 0.3 is 0 Å². The summed E-state index contributed by atoms with van der Waals surface area (Å²) in [6.07, 6.45) is 8.84. The molecule has 44 heavy (non-hydrogen) atoms. The Hall–Kier alpha value is -0.726. The molecule has 0 aromatic heterocycles. The van der Waals surface area contributed by atoms with Crippen molar-refractivity contribution < 1.29 is 13.6 Å². The van der Waals surface area contributed by atoms with Gasteiger partial charge in [-0.1, -0.05) is 97.9 Å². The molecule has 5 heteroatoms. The SMILES string of the molecule is C=C1CC[C@H]2[C@H](COCc3ccccc3)[C@@H]([C@@]3(C)CCC(O[Si](C)(C)C(C)(C)C)C[C@@H]3CO[Si](C)(C)C(C)(C)C)CC[C@]12C. The minimum atomic E-state index is -1.89. The van der Waals surface area contributed by atoms with Crippen molar-refractivity contribution >= 4 is 16.6 Å². The van der Waals surface area contributed by atoms with Crippen molar-refractivity contribution in [3.8, 4) is 0 Å². The number of allylic oxidation sites excluding steroid dienone is 1. The van der Waals surface area contributed by atoms with Crippen molar-refractivity contribution in [1.29, 1.82) is 0 Å². The first kappa shape index (κ1) is 36.1. The zero-order valence-corrected chi connectivity index (χ0v) is 32.8. The van der Waals surface area contributed by atoms with Crippen molar-refractivity contribution in [2.45, 2.75) is 149 Å². The van der Waals surface area contributed by atoms with E-state index in [1.807, 2.05) is 0 Å². The fraction of sp³-hybridized carbons (Fsp3) is 0.795. The molecule has 3 saturated carbocycles. The van der Waals surface area contributed by atoms with Crippen molar-refractivity contribution in [3.05, 3.63) is 48.0 Å². The summed E-state index contributed by atoms with van der Waals surface area (Å²) in [4.78, 5) is 0. The highest BCUT2D eigenvalue weighted by Crippen LogP contribution is 2.64. The quantitative estimate of drug-likeness (QED) is 0.188. The molecule has 0 N–H and O–H groups in total. The molecule has 0 saturated heterocycles. The predicted molar refractivity (Wildman–Crippen MR) is 193 cm³/mol. The van der Waals surface area contributed by atoms with Crippen LogP contribution in [0.3, 0.4) is 0 Å². The molecule has 3 aliphatic carbocycles. The molecule has 0 aliphatic heterocycles. The lowest BCUT2D eigenvalue weighted by atomic mass is 9.49. The van der Waals surface area contributed by atoms with E-state index in [1.165, 1.54) is 49.7 Å². The van der Waals surface area contributed by atoms with Crippen LogP contribution in [0.2, 0.25) is 36.3 Å². The lowest BCUT2D eigenvalue weighted by molar-refractivity contribution is -0.110. The fourth-order valence-corrected chi connectivity index (χ4v) is 10.9. The summed E-state index contributed by atoms with van der Waals surface area (Å²) in [5.41, 5.74) is 3.22. The molecule has 0 spiro atoms. The Bertz CT molecular complexity index is 1120. The van der Waals surface area contributed by atoms with E-state index in [0.29, 0.717) is 36.4 Å². The van der Waals surface area contributed by atoms with Gasteiger partial charge < -0.3 is 13.6 Å². The Balaban J connectivity index is 1.63. The Morgan fingerprint density at radius 3 is 2.07 bits per heavy atom. The number of rotatable bonds is 10. The van der Waals surface area contributed by atoms with Gasteiger partial charge in [0.1, 0.15) is 0 Å². The summed E-state index contributed by atoms with van der Waals surface area (Å²) in [5, 5.41) is 0.431. The maximum atomic E-state index is 7.15. The number of fused-ring (bicyclic) bond motifs is 1. The Labute approximate surface area is 274 Å². The van der Waals surface area contributed by atoms with E-state index < -0.39 is 16.6 Å². The molecule has 1 unspecified atom stereocenters. The maximum absolute atomic E-state index is 7.15. The predicted octanol–water partition coefficient (Wildman–Crippen LogP) is 11.4. The maximum Gasteiger partial charge on any atom is 0.192 e. The van der Waals surface area contributed by atoms with Crippen molar-refractivity contribution in [1.82, 2.24) is 0 Å². The van der Waals surface area contributed by atoms with E-state index in [0.717, 1.165) is 19.6 Å². The third kappa shape index (κ3) is 7.38. The first-order chi connectivity index (χ1) is 20.2. The summed E-state index contributed by atoms with van der Waals surface area (Å²) in [5.74, 6) is 2.33. The first-order valence-corrected chi connectivity index (χ1v) is 23.6. The smallest absolute Gasteiger partial charge is 0.192 e. The topological polar surface area (TPSA) is 27.7 Å². The van der Waals surface area contributed by atoms with Gasteiger partial charge in [0.25, 0.3) is 0 Å². The second-order valence-electron chi connectivity index (χ2n) is 18.5. The molecule has 0 bridgehead atoms. The molecule has 1 aromatic carbocycles. The zero-order chi connectivity index (χ0) is 32.8. The average Bonchev–Trinajstić information content (AvgIpc) is 3.22. The van der Waals surface area contributed by atoms with Gasteiger partial charge in [0.2, 0.25) is 0 Å². The largest absolute Gasteiger partial charge is 0.417 e. The van der Waals surface area contributed by atoms with Gasteiger partial charge in [0.05, 0.1) is 13.2 Å². The molecule has 0 amide bonds. The van der Waals surface area contributed by atoms with Crippen LogP contribution < -0.4 is 0 Å². The van der Waals surface area contributed by atoms with Crippen LogP contribution in [0.5, 0.6) is 0 Å². The summed E-state index contributed by atoms with van der Waals surface area (Å²) in [6, 6.07) is 10.7. The third-order valence-electron chi connectivity index (χ3n) is 13.9. The molecular weight excluding hydrogens is 573 g/mol. The second-order valence-corrected chi connectivity index (χ2v) is 28.1.